The van der Waals surface area contributed by atoms with Crippen molar-refractivity contribution >= 4 is 14.3 Å². The van der Waals surface area contributed by atoms with Crippen molar-refractivity contribution in [2.24, 2.45) is 33.7 Å². The van der Waals surface area contributed by atoms with Gasteiger partial charge >= 0.3 is 5.97 Å². The minimum atomic E-state index is -1.93. The van der Waals surface area contributed by atoms with Gasteiger partial charge in [0, 0.05) is 36.3 Å². The summed E-state index contributed by atoms with van der Waals surface area (Å²) in [5.41, 5.74) is 10.5. The highest BCUT2D eigenvalue weighted by molar-refractivity contribution is 6.74. The van der Waals surface area contributed by atoms with Gasteiger partial charge in [-0.3, -0.25) is 4.79 Å². The first kappa shape index (κ1) is 27.3. The lowest BCUT2D eigenvalue weighted by Gasteiger charge is -2.56. The van der Waals surface area contributed by atoms with E-state index in [1.165, 1.54) is 5.57 Å². The first-order valence-electron chi connectivity index (χ1n) is 13.2. The highest BCUT2D eigenvalue weighted by Gasteiger charge is 2.58. The van der Waals surface area contributed by atoms with Crippen LogP contribution >= 0.6 is 0 Å². The van der Waals surface area contributed by atoms with E-state index in [0.29, 0.717) is 12.5 Å². The molecule has 7 atom stereocenters. The van der Waals surface area contributed by atoms with Crippen molar-refractivity contribution in [3.8, 4) is 0 Å². The molecular formula is C27H47N3O3Si. The van der Waals surface area contributed by atoms with E-state index in [0.717, 1.165) is 44.9 Å². The number of esters is 1. The number of azide groups is 1. The molecule has 3 unspecified atom stereocenters. The van der Waals surface area contributed by atoms with Crippen LogP contribution in [-0.2, 0) is 14.0 Å². The number of carbonyl (C=O) groups is 1. The number of carbonyl (C=O) groups excluding carboxylic acids is 1. The maximum Gasteiger partial charge on any atom is 0.302 e. The van der Waals surface area contributed by atoms with Crippen LogP contribution in [0.15, 0.2) is 17.3 Å². The molecule has 192 valence electrons. The average Bonchev–Trinajstić information content (AvgIpc) is 3.02. The molecule has 0 saturated heterocycles. The number of fused-ring (bicyclic) bond motifs is 1. The van der Waals surface area contributed by atoms with Crippen LogP contribution in [0.25, 0.3) is 10.4 Å². The Bertz CT molecular complexity index is 847. The average molecular weight is 490 g/mol. The first-order chi connectivity index (χ1) is 15.7. The third-order valence-electron chi connectivity index (χ3n) is 10.5. The Morgan fingerprint density at radius 1 is 1.21 bits per heavy atom. The van der Waals surface area contributed by atoms with E-state index in [4.69, 9.17) is 14.7 Å². The van der Waals surface area contributed by atoms with Crippen molar-refractivity contribution in [3.05, 3.63) is 22.6 Å². The standard InChI is InChI=1S/C27H47N3O3Si/c1-18-10-11-22-24(33-19(2)31)23(13-15-26(18,22)6)27(7)14-12-21(29-30-28)16-20(27)17-32-34(8,9)25(3,4)5/h20-24H,1,10-17H2,2-9H3/t20-,21?,22?,23?,24+,26-,27+/m1/s1. The van der Waals surface area contributed by atoms with Gasteiger partial charge in [0.1, 0.15) is 6.10 Å². The molecule has 0 bridgehead atoms. The third-order valence-corrected chi connectivity index (χ3v) is 15.0. The molecule has 0 N–H and O–H groups in total. The number of ether oxygens (including phenoxy) is 1. The molecule has 0 aliphatic heterocycles. The largest absolute Gasteiger partial charge is 0.462 e. The molecule has 0 aromatic rings. The van der Waals surface area contributed by atoms with Gasteiger partial charge in [-0.2, -0.15) is 0 Å². The molecule has 0 spiro atoms. The zero-order valence-corrected chi connectivity index (χ0v) is 23.8. The quantitative estimate of drug-likeness (QED) is 0.0952. The van der Waals surface area contributed by atoms with Gasteiger partial charge in [-0.25, -0.2) is 0 Å². The Morgan fingerprint density at radius 2 is 1.88 bits per heavy atom. The summed E-state index contributed by atoms with van der Waals surface area (Å²) in [6.45, 7) is 22.8. The van der Waals surface area contributed by atoms with Gasteiger partial charge in [-0.1, -0.05) is 51.9 Å². The maximum absolute atomic E-state index is 12.3. The van der Waals surface area contributed by atoms with Gasteiger partial charge in [0.2, 0.25) is 0 Å². The second kappa shape index (κ2) is 9.63. The Balaban J connectivity index is 1.94. The second-order valence-electron chi connectivity index (χ2n) is 13.3. The Kier molecular flexibility index (Phi) is 7.73. The number of hydrogen-bond donors (Lipinski definition) is 0. The van der Waals surface area contributed by atoms with Crippen LogP contribution in [-0.4, -0.2) is 33.0 Å². The predicted molar refractivity (Wildman–Crippen MR) is 140 cm³/mol. The predicted octanol–water partition coefficient (Wildman–Crippen LogP) is 7.81. The lowest BCUT2D eigenvalue weighted by molar-refractivity contribution is -0.172. The van der Waals surface area contributed by atoms with E-state index in [1.54, 1.807) is 6.92 Å². The minimum Gasteiger partial charge on any atom is -0.462 e. The van der Waals surface area contributed by atoms with Crippen LogP contribution < -0.4 is 0 Å². The summed E-state index contributed by atoms with van der Waals surface area (Å²) in [5.74, 6) is 0.691. The highest BCUT2D eigenvalue weighted by atomic mass is 28.4. The summed E-state index contributed by atoms with van der Waals surface area (Å²) in [4.78, 5) is 15.4. The molecule has 0 aromatic carbocycles. The van der Waals surface area contributed by atoms with Crippen molar-refractivity contribution < 1.29 is 14.0 Å². The van der Waals surface area contributed by atoms with E-state index >= 15 is 0 Å². The van der Waals surface area contributed by atoms with Crippen LogP contribution in [0.3, 0.4) is 0 Å². The molecule has 3 saturated carbocycles. The number of rotatable bonds is 6. The Labute approximate surface area is 208 Å². The fourth-order valence-electron chi connectivity index (χ4n) is 6.89. The van der Waals surface area contributed by atoms with E-state index in [1.807, 2.05) is 0 Å². The van der Waals surface area contributed by atoms with E-state index < -0.39 is 8.32 Å². The Morgan fingerprint density at radius 3 is 2.47 bits per heavy atom. The lowest BCUT2D eigenvalue weighted by atomic mass is 9.51. The van der Waals surface area contributed by atoms with Crippen LogP contribution in [0.1, 0.15) is 86.5 Å². The molecular weight excluding hydrogens is 442 g/mol. The van der Waals surface area contributed by atoms with Crippen molar-refractivity contribution in [2.75, 3.05) is 6.61 Å². The van der Waals surface area contributed by atoms with Crippen LogP contribution in [0.2, 0.25) is 18.1 Å². The van der Waals surface area contributed by atoms with Crippen molar-refractivity contribution in [1.29, 1.82) is 0 Å². The molecule has 34 heavy (non-hydrogen) atoms. The molecule has 0 radical (unpaired) electrons. The molecule has 0 aromatic heterocycles. The highest BCUT2D eigenvalue weighted by Crippen LogP contribution is 2.62. The van der Waals surface area contributed by atoms with Crippen LogP contribution in [0.5, 0.6) is 0 Å². The van der Waals surface area contributed by atoms with Crippen molar-refractivity contribution in [2.45, 2.75) is 117 Å². The topological polar surface area (TPSA) is 84.3 Å². The molecule has 3 aliphatic carbocycles. The molecule has 3 aliphatic rings. The van der Waals surface area contributed by atoms with E-state index in [2.05, 4.69) is 64.3 Å². The summed E-state index contributed by atoms with van der Waals surface area (Å²) in [5, 5.41) is 4.26. The molecule has 3 fully saturated rings. The SMILES string of the molecule is C=C1CCC2[C@H](OC(C)=O)C([C@@]3(C)CCC(N=[N+]=[N-])C[C@@H]3CO[Si](C)(C)C(C)(C)C)CC[C@]12C. The van der Waals surface area contributed by atoms with Gasteiger partial charge in [0.25, 0.3) is 0 Å². The van der Waals surface area contributed by atoms with Crippen LogP contribution in [0, 0.1) is 28.6 Å². The molecule has 3 rings (SSSR count). The normalized spacial score (nSPS) is 38.7. The number of nitrogens with zero attached hydrogens (tertiary/aromatic N) is 3. The Hall–Kier alpha value is -1.30. The zero-order chi connectivity index (χ0) is 25.5. The third kappa shape index (κ3) is 4.98. The fourth-order valence-corrected chi connectivity index (χ4v) is 7.94. The summed E-state index contributed by atoms with van der Waals surface area (Å²) in [6, 6.07) is 0.0124. The van der Waals surface area contributed by atoms with Crippen molar-refractivity contribution in [1.82, 2.24) is 0 Å². The van der Waals surface area contributed by atoms with E-state index in [9.17, 15) is 4.79 Å². The molecule has 0 heterocycles. The second-order valence-corrected chi connectivity index (χ2v) is 18.1. The summed E-state index contributed by atoms with van der Waals surface area (Å²) in [6.07, 6.45) is 6.81. The zero-order valence-electron chi connectivity index (χ0n) is 22.8. The first-order valence-corrected chi connectivity index (χ1v) is 16.1. The monoisotopic (exact) mass is 489 g/mol. The van der Waals surface area contributed by atoms with Gasteiger partial charge < -0.3 is 9.16 Å². The summed E-state index contributed by atoms with van der Waals surface area (Å²) < 4.78 is 12.9. The smallest absolute Gasteiger partial charge is 0.302 e. The number of hydrogen-bond acceptors (Lipinski definition) is 4. The minimum absolute atomic E-state index is 0.0124. The fraction of sp³-hybridized carbons (Fsp3) is 0.889. The van der Waals surface area contributed by atoms with E-state index in [-0.39, 0.29) is 45.8 Å². The van der Waals surface area contributed by atoms with Crippen LogP contribution in [0.4, 0.5) is 0 Å². The van der Waals surface area contributed by atoms with Gasteiger partial charge in [0.15, 0.2) is 8.32 Å². The lowest BCUT2D eigenvalue weighted by Crippen LogP contribution is -2.55. The van der Waals surface area contributed by atoms with Gasteiger partial charge in [-0.05, 0) is 85.4 Å². The summed E-state index contributed by atoms with van der Waals surface area (Å²) >= 11 is 0. The van der Waals surface area contributed by atoms with Gasteiger partial charge in [0.05, 0.1) is 0 Å². The van der Waals surface area contributed by atoms with Crippen molar-refractivity contribution in [3.63, 3.8) is 0 Å². The molecule has 6 nitrogen and oxygen atoms in total. The van der Waals surface area contributed by atoms with Gasteiger partial charge in [-0.15, -0.1) is 0 Å². The molecule has 0 amide bonds. The summed E-state index contributed by atoms with van der Waals surface area (Å²) in [7, 11) is -1.93. The maximum atomic E-state index is 12.3. The number of allylic oxidation sites excluding steroid dienone is 1. The molecule has 7 heteroatoms.